The van der Waals surface area contributed by atoms with E-state index in [1.807, 2.05) is 15.8 Å². The van der Waals surface area contributed by atoms with Crippen molar-refractivity contribution in [2.75, 3.05) is 13.1 Å². The number of nitrogens with one attached hydrogen (secondary N) is 1. The standard InChI is InChI=1S/C19H28N6O.ClH/c1-19(2,3)25-13-16(11-23-25)18(26)24(12-15-9-21-14-22-10-15)17-5-4-7-20-8-6-17;/h9-11,13-14,17,20H,4-8,12H2,1-3H3;1H. The van der Waals surface area contributed by atoms with E-state index >= 15 is 0 Å². The Labute approximate surface area is 167 Å². The van der Waals surface area contributed by atoms with Gasteiger partial charge in [-0.25, -0.2) is 9.97 Å². The summed E-state index contributed by atoms with van der Waals surface area (Å²) in [6.07, 6.45) is 11.6. The largest absolute Gasteiger partial charge is 0.331 e. The molecule has 2 aromatic heterocycles. The molecule has 7 nitrogen and oxygen atoms in total. The number of rotatable bonds is 4. The first-order valence-corrected chi connectivity index (χ1v) is 9.26. The van der Waals surface area contributed by atoms with Gasteiger partial charge in [0, 0.05) is 36.7 Å². The van der Waals surface area contributed by atoms with Crippen molar-refractivity contribution < 1.29 is 4.79 Å². The van der Waals surface area contributed by atoms with Crippen LogP contribution in [0.3, 0.4) is 0 Å². The van der Waals surface area contributed by atoms with Gasteiger partial charge in [0.2, 0.25) is 0 Å². The quantitative estimate of drug-likeness (QED) is 0.865. The summed E-state index contributed by atoms with van der Waals surface area (Å²) in [4.78, 5) is 23.5. The van der Waals surface area contributed by atoms with Crippen molar-refractivity contribution in [2.24, 2.45) is 0 Å². The fourth-order valence-electron chi connectivity index (χ4n) is 3.25. The van der Waals surface area contributed by atoms with Gasteiger partial charge in [-0.05, 0) is 53.1 Å². The third kappa shape index (κ3) is 5.49. The van der Waals surface area contributed by atoms with E-state index in [1.54, 1.807) is 18.6 Å². The Hall–Kier alpha value is -1.99. The van der Waals surface area contributed by atoms with Crippen molar-refractivity contribution in [3.63, 3.8) is 0 Å². The van der Waals surface area contributed by atoms with E-state index in [2.05, 4.69) is 41.2 Å². The second kappa shape index (κ2) is 9.28. The summed E-state index contributed by atoms with van der Waals surface area (Å²) < 4.78 is 1.85. The molecule has 3 heterocycles. The van der Waals surface area contributed by atoms with Gasteiger partial charge in [-0.1, -0.05) is 0 Å². The third-order valence-corrected chi connectivity index (χ3v) is 4.73. The Balaban J connectivity index is 0.00000261. The van der Waals surface area contributed by atoms with Crippen LogP contribution in [0, 0.1) is 0 Å². The topological polar surface area (TPSA) is 75.9 Å². The monoisotopic (exact) mass is 392 g/mol. The van der Waals surface area contributed by atoms with Crippen molar-refractivity contribution >= 4 is 18.3 Å². The first-order valence-electron chi connectivity index (χ1n) is 9.26. The van der Waals surface area contributed by atoms with Crippen molar-refractivity contribution in [3.8, 4) is 0 Å². The number of amides is 1. The minimum Gasteiger partial charge on any atom is -0.331 e. The zero-order valence-corrected chi connectivity index (χ0v) is 17.1. The predicted octanol–water partition coefficient (Wildman–Crippen LogP) is 2.63. The van der Waals surface area contributed by atoms with Crippen LogP contribution in [0.2, 0.25) is 0 Å². The van der Waals surface area contributed by atoms with Crippen LogP contribution < -0.4 is 5.32 Å². The summed E-state index contributed by atoms with van der Waals surface area (Å²) in [5.41, 5.74) is 1.43. The van der Waals surface area contributed by atoms with Crippen LogP contribution >= 0.6 is 12.4 Å². The van der Waals surface area contributed by atoms with E-state index in [9.17, 15) is 4.79 Å². The maximum absolute atomic E-state index is 13.3. The molecule has 0 radical (unpaired) electrons. The predicted molar refractivity (Wildman–Crippen MR) is 107 cm³/mol. The molecule has 1 atom stereocenters. The number of carbonyl (C=O) groups is 1. The van der Waals surface area contributed by atoms with E-state index in [0.717, 1.165) is 37.9 Å². The van der Waals surface area contributed by atoms with Gasteiger partial charge < -0.3 is 10.2 Å². The van der Waals surface area contributed by atoms with Crippen molar-refractivity contribution in [2.45, 2.75) is 58.2 Å². The molecule has 0 saturated carbocycles. The summed E-state index contributed by atoms with van der Waals surface area (Å²) in [7, 11) is 0. The molecule has 2 aromatic rings. The number of halogens is 1. The second-order valence-corrected chi connectivity index (χ2v) is 7.86. The highest BCUT2D eigenvalue weighted by atomic mass is 35.5. The molecule has 1 fully saturated rings. The van der Waals surface area contributed by atoms with Gasteiger partial charge >= 0.3 is 0 Å². The van der Waals surface area contributed by atoms with Crippen LogP contribution in [0.15, 0.2) is 31.1 Å². The van der Waals surface area contributed by atoms with Crippen LogP contribution in [0.5, 0.6) is 0 Å². The lowest BCUT2D eigenvalue weighted by Gasteiger charge is -2.31. The lowest BCUT2D eigenvalue weighted by molar-refractivity contribution is 0.0644. The fraction of sp³-hybridized carbons (Fsp3) is 0.579. The molecule has 8 heteroatoms. The summed E-state index contributed by atoms with van der Waals surface area (Å²) in [6.45, 7) is 8.68. The highest BCUT2D eigenvalue weighted by Gasteiger charge is 2.27. The fourth-order valence-corrected chi connectivity index (χ4v) is 3.25. The Bertz CT molecular complexity index is 719. The number of carbonyl (C=O) groups excluding carboxylic acids is 1. The Kier molecular flexibility index (Phi) is 7.33. The molecule has 0 bridgehead atoms. The highest BCUT2D eigenvalue weighted by Crippen LogP contribution is 2.21. The number of hydrogen-bond donors (Lipinski definition) is 1. The lowest BCUT2D eigenvalue weighted by Crippen LogP contribution is -2.40. The molecule has 1 unspecified atom stereocenters. The zero-order valence-electron chi connectivity index (χ0n) is 16.3. The average molecular weight is 393 g/mol. The smallest absolute Gasteiger partial charge is 0.257 e. The minimum atomic E-state index is -0.150. The first-order chi connectivity index (χ1) is 12.4. The summed E-state index contributed by atoms with van der Waals surface area (Å²) >= 11 is 0. The average Bonchev–Trinajstić information content (AvgIpc) is 2.98. The third-order valence-electron chi connectivity index (χ3n) is 4.73. The Morgan fingerprint density at radius 3 is 2.63 bits per heavy atom. The van der Waals surface area contributed by atoms with E-state index in [0.29, 0.717) is 12.1 Å². The van der Waals surface area contributed by atoms with Crippen molar-refractivity contribution in [1.82, 2.24) is 30.0 Å². The second-order valence-electron chi connectivity index (χ2n) is 7.86. The maximum Gasteiger partial charge on any atom is 0.257 e. The van der Waals surface area contributed by atoms with Crippen LogP contribution in [-0.2, 0) is 12.1 Å². The molecule has 1 aliphatic rings. The molecule has 27 heavy (non-hydrogen) atoms. The molecule has 3 rings (SSSR count). The molecule has 1 saturated heterocycles. The van der Waals surface area contributed by atoms with Crippen molar-refractivity contribution in [1.29, 1.82) is 0 Å². The van der Waals surface area contributed by atoms with E-state index in [-0.39, 0.29) is 29.9 Å². The van der Waals surface area contributed by atoms with Gasteiger partial charge in [0.1, 0.15) is 6.33 Å². The van der Waals surface area contributed by atoms with Crippen LogP contribution in [0.1, 0.15) is 56.0 Å². The van der Waals surface area contributed by atoms with Gasteiger partial charge in [-0.2, -0.15) is 5.10 Å². The zero-order chi connectivity index (χ0) is 18.6. The normalized spacial score (nSPS) is 17.7. The van der Waals surface area contributed by atoms with Gasteiger partial charge in [-0.15, -0.1) is 12.4 Å². The molecule has 148 valence electrons. The molecule has 1 aliphatic heterocycles. The maximum atomic E-state index is 13.3. The van der Waals surface area contributed by atoms with E-state index in [4.69, 9.17) is 0 Å². The lowest BCUT2D eigenvalue weighted by atomic mass is 10.1. The minimum absolute atomic E-state index is 0. The first kappa shape index (κ1) is 21.3. The van der Waals surface area contributed by atoms with Crippen LogP contribution in [0.25, 0.3) is 0 Å². The van der Waals surface area contributed by atoms with E-state index < -0.39 is 0 Å². The summed E-state index contributed by atoms with van der Waals surface area (Å²) in [5.74, 6) is 0.0243. The SMILES string of the molecule is CC(C)(C)n1cc(C(=O)N(Cc2cncnc2)C2CCCNCC2)cn1.Cl. The van der Waals surface area contributed by atoms with Gasteiger partial charge in [0.05, 0.1) is 17.3 Å². The number of nitrogens with zero attached hydrogens (tertiary/aromatic N) is 5. The molecule has 0 aromatic carbocycles. The van der Waals surface area contributed by atoms with Crippen molar-refractivity contribution in [3.05, 3.63) is 42.2 Å². The molecule has 0 spiro atoms. The molecule has 1 amide bonds. The van der Waals surface area contributed by atoms with Crippen LogP contribution in [-0.4, -0.2) is 49.7 Å². The van der Waals surface area contributed by atoms with Crippen LogP contribution in [0.4, 0.5) is 0 Å². The summed E-state index contributed by atoms with van der Waals surface area (Å²) in [6, 6.07) is 0.204. The molecular formula is C19H29ClN6O. The number of hydrogen-bond acceptors (Lipinski definition) is 5. The molecule has 1 N–H and O–H groups in total. The highest BCUT2D eigenvalue weighted by molar-refractivity contribution is 5.94. The Morgan fingerprint density at radius 2 is 1.96 bits per heavy atom. The van der Waals surface area contributed by atoms with E-state index in [1.165, 1.54) is 6.33 Å². The van der Waals surface area contributed by atoms with Gasteiger partial charge in [-0.3, -0.25) is 9.48 Å². The van der Waals surface area contributed by atoms with Gasteiger partial charge in [0.25, 0.3) is 5.91 Å². The molecule has 0 aliphatic carbocycles. The number of aromatic nitrogens is 4. The Morgan fingerprint density at radius 1 is 1.22 bits per heavy atom. The molecular weight excluding hydrogens is 364 g/mol. The summed E-state index contributed by atoms with van der Waals surface area (Å²) in [5, 5.41) is 7.81. The van der Waals surface area contributed by atoms with Gasteiger partial charge in [0.15, 0.2) is 0 Å².